The molecule has 6 nitrogen and oxygen atoms in total. The quantitative estimate of drug-likeness (QED) is 0.789. The number of rotatable bonds is 2. The van der Waals surface area contributed by atoms with Crippen LogP contribution in [0.1, 0.15) is 0 Å². The molecule has 0 aliphatic carbocycles. The van der Waals surface area contributed by atoms with Gasteiger partial charge in [0, 0.05) is 15.5 Å². The van der Waals surface area contributed by atoms with Crippen molar-refractivity contribution in [2.75, 3.05) is 25.1 Å². The summed E-state index contributed by atoms with van der Waals surface area (Å²) < 4.78 is 6.63. The first-order chi connectivity index (χ1) is 9.49. The highest BCUT2D eigenvalue weighted by Crippen LogP contribution is 2.26. The van der Waals surface area contributed by atoms with Gasteiger partial charge in [-0.25, -0.2) is 9.59 Å². The second-order valence-corrected chi connectivity index (χ2v) is 5.95. The number of amides is 2. The summed E-state index contributed by atoms with van der Waals surface area (Å²) in [5.41, 5.74) is 0.569. The van der Waals surface area contributed by atoms with Crippen LogP contribution in [0.5, 0.6) is 0 Å². The molecule has 108 valence electrons. The summed E-state index contributed by atoms with van der Waals surface area (Å²) >= 11 is 6.65. The molecule has 1 fully saturated rings. The van der Waals surface area contributed by atoms with Crippen molar-refractivity contribution in [1.82, 2.24) is 4.90 Å². The van der Waals surface area contributed by atoms with Crippen molar-refractivity contribution in [1.29, 1.82) is 0 Å². The van der Waals surface area contributed by atoms with Crippen molar-refractivity contribution in [2.24, 2.45) is 0 Å². The fraction of sp³-hybridized carbons (Fsp3) is 0.333. The van der Waals surface area contributed by atoms with E-state index in [0.717, 1.165) is 4.47 Å². The number of hydrogen-bond acceptors (Lipinski definition) is 3. The topological polar surface area (TPSA) is 78.9 Å². The number of carboxylic acid groups (broad SMARTS) is 1. The third kappa shape index (κ3) is 3.50. The van der Waals surface area contributed by atoms with Crippen LogP contribution in [0.15, 0.2) is 27.1 Å². The van der Waals surface area contributed by atoms with Crippen LogP contribution >= 0.6 is 31.9 Å². The zero-order valence-electron chi connectivity index (χ0n) is 10.3. The number of urea groups is 1. The molecule has 1 heterocycles. The molecule has 1 unspecified atom stereocenters. The Labute approximate surface area is 132 Å². The number of halogens is 2. The Morgan fingerprint density at radius 1 is 1.40 bits per heavy atom. The molecule has 1 aliphatic heterocycles. The number of anilines is 1. The average Bonchev–Trinajstić information content (AvgIpc) is 2.42. The molecule has 2 rings (SSSR count). The Bertz CT molecular complexity index is 538. The maximum Gasteiger partial charge on any atom is 0.328 e. The van der Waals surface area contributed by atoms with Crippen LogP contribution in [0.2, 0.25) is 0 Å². The summed E-state index contributed by atoms with van der Waals surface area (Å²) in [6.07, 6.45) is 0. The Balaban J connectivity index is 2.14. The van der Waals surface area contributed by atoms with E-state index in [1.54, 1.807) is 12.1 Å². The largest absolute Gasteiger partial charge is 0.480 e. The van der Waals surface area contributed by atoms with Gasteiger partial charge in [-0.1, -0.05) is 15.9 Å². The van der Waals surface area contributed by atoms with E-state index in [9.17, 15) is 9.59 Å². The fourth-order valence-electron chi connectivity index (χ4n) is 1.83. The van der Waals surface area contributed by atoms with Gasteiger partial charge < -0.3 is 20.1 Å². The predicted molar refractivity (Wildman–Crippen MR) is 79.8 cm³/mol. The molecule has 1 saturated heterocycles. The number of aliphatic carboxylic acids is 1. The van der Waals surface area contributed by atoms with Gasteiger partial charge in [0.2, 0.25) is 0 Å². The molecule has 0 spiro atoms. The third-order valence-electron chi connectivity index (χ3n) is 2.84. The number of morpholine rings is 1. The van der Waals surface area contributed by atoms with E-state index < -0.39 is 18.0 Å². The molecule has 1 aliphatic rings. The van der Waals surface area contributed by atoms with Crippen molar-refractivity contribution < 1.29 is 19.4 Å². The van der Waals surface area contributed by atoms with Gasteiger partial charge in [0.15, 0.2) is 6.04 Å². The molecule has 0 saturated carbocycles. The fourth-order valence-corrected chi connectivity index (χ4v) is 2.54. The molecule has 0 aromatic heterocycles. The van der Waals surface area contributed by atoms with Crippen LogP contribution in [0.4, 0.5) is 10.5 Å². The Kier molecular flexibility index (Phi) is 5.00. The van der Waals surface area contributed by atoms with Crippen molar-refractivity contribution in [2.45, 2.75) is 6.04 Å². The second-order valence-electron chi connectivity index (χ2n) is 4.18. The van der Waals surface area contributed by atoms with Crippen molar-refractivity contribution in [3.8, 4) is 0 Å². The van der Waals surface area contributed by atoms with Crippen molar-refractivity contribution >= 4 is 49.5 Å². The van der Waals surface area contributed by atoms with E-state index in [1.807, 2.05) is 6.07 Å². The number of carboxylic acids is 1. The second kappa shape index (κ2) is 6.55. The summed E-state index contributed by atoms with van der Waals surface area (Å²) in [5, 5.41) is 11.8. The summed E-state index contributed by atoms with van der Waals surface area (Å²) in [6, 6.07) is 3.93. The molecular weight excluding hydrogens is 396 g/mol. The van der Waals surface area contributed by atoms with Crippen LogP contribution < -0.4 is 5.32 Å². The molecule has 2 amide bonds. The maximum atomic E-state index is 12.2. The van der Waals surface area contributed by atoms with Gasteiger partial charge in [-0.3, -0.25) is 0 Å². The average molecular weight is 408 g/mol. The van der Waals surface area contributed by atoms with Crippen LogP contribution in [-0.4, -0.2) is 47.8 Å². The highest BCUT2D eigenvalue weighted by atomic mass is 79.9. The highest BCUT2D eigenvalue weighted by molar-refractivity contribution is 9.11. The van der Waals surface area contributed by atoms with Gasteiger partial charge in [0.05, 0.1) is 18.9 Å². The van der Waals surface area contributed by atoms with E-state index in [1.165, 1.54) is 4.90 Å². The van der Waals surface area contributed by atoms with Crippen LogP contribution in [0.25, 0.3) is 0 Å². The van der Waals surface area contributed by atoms with Crippen molar-refractivity contribution in [3.63, 3.8) is 0 Å². The van der Waals surface area contributed by atoms with Crippen LogP contribution in [0.3, 0.4) is 0 Å². The molecule has 2 N–H and O–H groups in total. The Hall–Kier alpha value is -1.12. The van der Waals surface area contributed by atoms with E-state index in [0.29, 0.717) is 16.8 Å². The Morgan fingerprint density at radius 2 is 2.15 bits per heavy atom. The highest BCUT2D eigenvalue weighted by Gasteiger charge is 2.32. The lowest BCUT2D eigenvalue weighted by atomic mass is 10.2. The summed E-state index contributed by atoms with van der Waals surface area (Å²) in [5.74, 6) is -1.08. The third-order valence-corrected chi connectivity index (χ3v) is 4.03. The molecule has 20 heavy (non-hydrogen) atoms. The minimum atomic E-state index is -1.08. The summed E-state index contributed by atoms with van der Waals surface area (Å²) in [7, 11) is 0. The summed E-state index contributed by atoms with van der Waals surface area (Å²) in [4.78, 5) is 24.6. The maximum absolute atomic E-state index is 12.2. The number of carbonyl (C=O) groups is 2. The molecule has 1 aromatic rings. The van der Waals surface area contributed by atoms with E-state index in [-0.39, 0.29) is 13.2 Å². The lowest BCUT2D eigenvalue weighted by Crippen LogP contribution is -2.53. The van der Waals surface area contributed by atoms with Crippen LogP contribution in [-0.2, 0) is 9.53 Å². The normalized spacial score (nSPS) is 18.7. The Morgan fingerprint density at radius 3 is 2.85 bits per heavy atom. The number of nitrogens with one attached hydrogen (secondary N) is 1. The minimum Gasteiger partial charge on any atom is -0.480 e. The first-order valence-corrected chi connectivity index (χ1v) is 7.41. The minimum absolute atomic E-state index is 0.00239. The first-order valence-electron chi connectivity index (χ1n) is 5.82. The molecule has 0 bridgehead atoms. The zero-order chi connectivity index (χ0) is 14.7. The molecule has 0 radical (unpaired) electrons. The van der Waals surface area contributed by atoms with Gasteiger partial charge in [-0.05, 0) is 34.1 Å². The number of carbonyl (C=O) groups excluding carboxylic acids is 1. The summed E-state index contributed by atoms with van der Waals surface area (Å²) in [6.45, 7) is 0.577. The number of hydrogen-bond donors (Lipinski definition) is 2. The lowest BCUT2D eigenvalue weighted by molar-refractivity contribution is -0.147. The van der Waals surface area contributed by atoms with Crippen LogP contribution in [0, 0.1) is 0 Å². The van der Waals surface area contributed by atoms with Gasteiger partial charge in [0.1, 0.15) is 0 Å². The smallest absolute Gasteiger partial charge is 0.328 e. The molecule has 1 aromatic carbocycles. The van der Waals surface area contributed by atoms with Gasteiger partial charge in [-0.2, -0.15) is 0 Å². The standard InChI is InChI=1S/C12H12Br2N2O4/c13-7-1-2-8(14)9(5-7)15-12(19)16-3-4-20-6-10(16)11(17)18/h1-2,5,10H,3-4,6H2,(H,15,19)(H,17,18). The number of ether oxygens (including phenoxy) is 1. The zero-order valence-corrected chi connectivity index (χ0v) is 13.5. The lowest BCUT2D eigenvalue weighted by Gasteiger charge is -2.32. The van der Waals surface area contributed by atoms with Gasteiger partial charge in [0.25, 0.3) is 0 Å². The van der Waals surface area contributed by atoms with Gasteiger partial charge >= 0.3 is 12.0 Å². The number of nitrogens with zero attached hydrogens (tertiary/aromatic N) is 1. The predicted octanol–water partition coefficient (Wildman–Crippen LogP) is 2.53. The van der Waals surface area contributed by atoms with E-state index in [4.69, 9.17) is 9.84 Å². The molecule has 8 heteroatoms. The van der Waals surface area contributed by atoms with E-state index >= 15 is 0 Å². The van der Waals surface area contributed by atoms with Gasteiger partial charge in [-0.15, -0.1) is 0 Å². The monoisotopic (exact) mass is 406 g/mol. The first kappa shape index (κ1) is 15.3. The molecule has 1 atom stereocenters. The van der Waals surface area contributed by atoms with E-state index in [2.05, 4.69) is 37.2 Å². The SMILES string of the molecule is O=C(O)C1COCCN1C(=O)Nc1cc(Br)ccc1Br. The number of benzene rings is 1. The van der Waals surface area contributed by atoms with Crippen molar-refractivity contribution in [3.05, 3.63) is 27.1 Å². The molecular formula is C12H12Br2N2O4.